The van der Waals surface area contributed by atoms with Gasteiger partial charge in [0.15, 0.2) is 0 Å². The fraction of sp³-hybridized carbons (Fsp3) is 0.333. The van der Waals surface area contributed by atoms with Gasteiger partial charge in [0.25, 0.3) is 5.91 Å². The molecule has 1 heterocycles. The number of carbonyl (C=O) groups is 1. The summed E-state index contributed by atoms with van der Waals surface area (Å²) in [5.41, 5.74) is 3.67. The number of rotatable bonds is 2. The van der Waals surface area contributed by atoms with Crippen molar-refractivity contribution in [2.24, 2.45) is 0 Å². The smallest absolute Gasteiger partial charge is 0.254 e. The van der Waals surface area contributed by atoms with Gasteiger partial charge in [-0.3, -0.25) is 4.79 Å². The van der Waals surface area contributed by atoms with Gasteiger partial charge < -0.3 is 4.90 Å². The molecule has 120 valence electrons. The molecule has 0 N–H and O–H groups in total. The van der Waals surface area contributed by atoms with Gasteiger partial charge in [0.1, 0.15) is 0 Å². The molecular weight excluding hydrogens is 296 g/mol. The zero-order valence-electron chi connectivity index (χ0n) is 13.6. The molecule has 0 aromatic heterocycles. The Morgan fingerprint density at radius 3 is 2.62 bits per heavy atom. The van der Waals surface area contributed by atoms with Crippen LogP contribution in [0, 0.1) is 11.3 Å². The van der Waals surface area contributed by atoms with Crippen molar-refractivity contribution in [2.45, 2.75) is 44.2 Å². The maximum atomic E-state index is 13.0. The summed E-state index contributed by atoms with van der Waals surface area (Å²) in [6, 6.07) is 18.5. The molecule has 2 aromatic rings. The minimum absolute atomic E-state index is 0.0925. The van der Waals surface area contributed by atoms with Gasteiger partial charge in [-0.15, -0.1) is 0 Å². The first-order valence-electron chi connectivity index (χ1n) is 8.67. The SMILES string of the molecule is N#Cc1ccc2c(c1)C(=O)N(C1CCCCC1c1ccccc1)C2. The monoisotopic (exact) mass is 316 g/mol. The zero-order valence-corrected chi connectivity index (χ0v) is 13.6. The van der Waals surface area contributed by atoms with Crippen molar-refractivity contribution in [3.63, 3.8) is 0 Å². The van der Waals surface area contributed by atoms with E-state index in [1.54, 1.807) is 6.07 Å². The summed E-state index contributed by atoms with van der Waals surface area (Å²) in [6.07, 6.45) is 4.60. The zero-order chi connectivity index (χ0) is 16.5. The molecular formula is C21H20N2O. The molecule has 0 bridgehead atoms. The van der Waals surface area contributed by atoms with Crippen LogP contribution in [0.2, 0.25) is 0 Å². The molecule has 2 unspecified atom stereocenters. The third-order valence-corrected chi connectivity index (χ3v) is 5.43. The van der Waals surface area contributed by atoms with E-state index in [4.69, 9.17) is 5.26 Å². The van der Waals surface area contributed by atoms with Gasteiger partial charge in [0, 0.05) is 24.1 Å². The molecule has 2 atom stereocenters. The van der Waals surface area contributed by atoms with Crippen molar-refractivity contribution in [1.82, 2.24) is 4.90 Å². The van der Waals surface area contributed by atoms with Crippen LogP contribution in [0.15, 0.2) is 48.5 Å². The van der Waals surface area contributed by atoms with Gasteiger partial charge in [0.2, 0.25) is 0 Å². The highest BCUT2D eigenvalue weighted by molar-refractivity contribution is 5.99. The highest BCUT2D eigenvalue weighted by atomic mass is 16.2. The largest absolute Gasteiger partial charge is 0.331 e. The van der Waals surface area contributed by atoms with E-state index in [0.717, 1.165) is 18.4 Å². The quantitative estimate of drug-likeness (QED) is 0.831. The van der Waals surface area contributed by atoms with Crippen molar-refractivity contribution in [3.05, 3.63) is 70.8 Å². The summed E-state index contributed by atoms with van der Waals surface area (Å²) in [5, 5.41) is 9.09. The lowest BCUT2D eigenvalue weighted by atomic mass is 9.79. The summed E-state index contributed by atoms with van der Waals surface area (Å²) in [5.74, 6) is 0.503. The number of benzene rings is 2. The van der Waals surface area contributed by atoms with Crippen LogP contribution in [-0.2, 0) is 6.54 Å². The molecule has 2 aliphatic rings. The predicted molar refractivity (Wildman–Crippen MR) is 92.5 cm³/mol. The molecule has 0 radical (unpaired) electrons. The van der Waals surface area contributed by atoms with Gasteiger partial charge in [0.05, 0.1) is 11.6 Å². The Morgan fingerprint density at radius 1 is 1.04 bits per heavy atom. The summed E-state index contributed by atoms with van der Waals surface area (Å²) < 4.78 is 0. The predicted octanol–water partition coefficient (Wildman–Crippen LogP) is 4.24. The van der Waals surface area contributed by atoms with Crippen molar-refractivity contribution in [2.75, 3.05) is 0 Å². The Labute approximate surface area is 142 Å². The van der Waals surface area contributed by atoms with E-state index in [9.17, 15) is 4.79 Å². The minimum atomic E-state index is 0.0925. The lowest BCUT2D eigenvalue weighted by Crippen LogP contribution is -2.41. The van der Waals surface area contributed by atoms with Crippen LogP contribution in [-0.4, -0.2) is 16.8 Å². The Hall–Kier alpha value is -2.60. The molecule has 1 saturated carbocycles. The standard InChI is InChI=1S/C21H20N2O/c22-13-15-10-11-17-14-23(21(24)19(17)12-15)20-9-5-4-8-18(20)16-6-2-1-3-7-16/h1-3,6-7,10-12,18,20H,4-5,8-9,14H2. The highest BCUT2D eigenvalue weighted by Gasteiger charge is 2.38. The molecule has 1 fully saturated rings. The van der Waals surface area contributed by atoms with E-state index in [0.29, 0.717) is 23.6 Å². The fourth-order valence-electron chi connectivity index (χ4n) is 4.23. The van der Waals surface area contributed by atoms with Crippen molar-refractivity contribution in [3.8, 4) is 6.07 Å². The number of fused-ring (bicyclic) bond motifs is 1. The minimum Gasteiger partial charge on any atom is -0.331 e. The lowest BCUT2D eigenvalue weighted by molar-refractivity contribution is 0.0627. The van der Waals surface area contributed by atoms with E-state index in [1.165, 1.54) is 18.4 Å². The van der Waals surface area contributed by atoms with Crippen LogP contribution < -0.4 is 0 Å². The second kappa shape index (κ2) is 6.13. The summed E-state index contributed by atoms with van der Waals surface area (Å²) in [7, 11) is 0. The molecule has 3 heteroatoms. The summed E-state index contributed by atoms with van der Waals surface area (Å²) in [6.45, 7) is 0.674. The molecule has 2 aromatic carbocycles. The van der Waals surface area contributed by atoms with E-state index >= 15 is 0 Å². The van der Waals surface area contributed by atoms with E-state index in [1.807, 2.05) is 23.1 Å². The van der Waals surface area contributed by atoms with E-state index in [-0.39, 0.29) is 11.9 Å². The van der Waals surface area contributed by atoms with Gasteiger partial charge in [-0.2, -0.15) is 5.26 Å². The number of nitrogens with zero attached hydrogens (tertiary/aromatic N) is 2. The number of hydrogen-bond acceptors (Lipinski definition) is 2. The molecule has 24 heavy (non-hydrogen) atoms. The van der Waals surface area contributed by atoms with Gasteiger partial charge >= 0.3 is 0 Å². The third kappa shape index (κ3) is 2.49. The van der Waals surface area contributed by atoms with Crippen LogP contribution in [0.3, 0.4) is 0 Å². The Kier molecular flexibility index (Phi) is 3.82. The summed E-state index contributed by atoms with van der Waals surface area (Å²) >= 11 is 0. The van der Waals surface area contributed by atoms with Crippen LogP contribution in [0.4, 0.5) is 0 Å². The van der Waals surface area contributed by atoms with Gasteiger partial charge in [-0.1, -0.05) is 49.2 Å². The molecule has 1 aliphatic carbocycles. The van der Waals surface area contributed by atoms with Crippen molar-refractivity contribution in [1.29, 1.82) is 5.26 Å². The van der Waals surface area contributed by atoms with E-state index < -0.39 is 0 Å². The second-order valence-corrected chi connectivity index (χ2v) is 6.79. The Balaban J connectivity index is 1.65. The van der Waals surface area contributed by atoms with Crippen LogP contribution >= 0.6 is 0 Å². The first-order chi connectivity index (χ1) is 11.8. The molecule has 0 saturated heterocycles. The van der Waals surface area contributed by atoms with Crippen molar-refractivity contribution < 1.29 is 4.79 Å². The molecule has 1 amide bonds. The first kappa shape index (κ1) is 15.0. The number of hydrogen-bond donors (Lipinski definition) is 0. The third-order valence-electron chi connectivity index (χ3n) is 5.43. The normalized spacial score (nSPS) is 23.0. The Morgan fingerprint density at radius 2 is 1.83 bits per heavy atom. The average Bonchev–Trinajstić information content (AvgIpc) is 2.98. The fourth-order valence-corrected chi connectivity index (χ4v) is 4.23. The van der Waals surface area contributed by atoms with Crippen LogP contribution in [0.25, 0.3) is 0 Å². The van der Waals surface area contributed by atoms with Crippen LogP contribution in [0.5, 0.6) is 0 Å². The highest BCUT2D eigenvalue weighted by Crippen LogP contribution is 2.39. The number of amides is 1. The summed E-state index contributed by atoms with van der Waals surface area (Å²) in [4.78, 5) is 15.0. The number of nitriles is 1. The maximum absolute atomic E-state index is 13.0. The Bertz CT molecular complexity index is 806. The number of carbonyl (C=O) groups excluding carboxylic acids is 1. The molecule has 3 nitrogen and oxygen atoms in total. The van der Waals surface area contributed by atoms with Crippen molar-refractivity contribution >= 4 is 5.91 Å². The maximum Gasteiger partial charge on any atom is 0.254 e. The topological polar surface area (TPSA) is 44.1 Å². The second-order valence-electron chi connectivity index (χ2n) is 6.79. The molecule has 1 aliphatic heterocycles. The van der Waals surface area contributed by atoms with E-state index in [2.05, 4.69) is 30.3 Å². The lowest BCUT2D eigenvalue weighted by Gasteiger charge is -2.38. The first-order valence-corrected chi connectivity index (χ1v) is 8.67. The van der Waals surface area contributed by atoms with Gasteiger partial charge in [-0.05, 0) is 36.1 Å². The van der Waals surface area contributed by atoms with Gasteiger partial charge in [-0.25, -0.2) is 0 Å². The van der Waals surface area contributed by atoms with Crippen LogP contribution in [0.1, 0.15) is 58.6 Å². The molecule has 4 rings (SSSR count). The molecule has 0 spiro atoms. The average molecular weight is 316 g/mol.